The summed E-state index contributed by atoms with van der Waals surface area (Å²) in [5, 5.41) is 3.50. The molecule has 2 atom stereocenters. The molecule has 0 aromatic carbocycles. The molecule has 3 heterocycles. The van der Waals surface area contributed by atoms with Gasteiger partial charge in [0.15, 0.2) is 0 Å². The second kappa shape index (κ2) is 4.17. The molecular weight excluding hydrogens is 226 g/mol. The number of nitrogen functional groups attached to an aromatic ring is 1. The maximum atomic E-state index is 5.71. The maximum absolute atomic E-state index is 5.71. The number of nitrogens with one attached hydrogen (secondary N) is 1. The van der Waals surface area contributed by atoms with Gasteiger partial charge < -0.3 is 11.1 Å². The molecule has 5 heteroatoms. The molecule has 2 aliphatic rings. The van der Waals surface area contributed by atoms with E-state index in [9.17, 15) is 0 Å². The highest BCUT2D eigenvalue weighted by Gasteiger charge is 2.49. The van der Waals surface area contributed by atoms with E-state index in [4.69, 9.17) is 5.73 Å². The van der Waals surface area contributed by atoms with Crippen LogP contribution in [0.2, 0.25) is 0 Å². The Bertz CT molecular complexity index is 445. The first-order chi connectivity index (χ1) is 8.57. The third-order valence-electron chi connectivity index (χ3n) is 4.58. The van der Waals surface area contributed by atoms with Crippen LogP contribution in [0.15, 0.2) is 12.3 Å². The molecule has 2 unspecified atom stereocenters. The summed E-state index contributed by atoms with van der Waals surface area (Å²) < 4.78 is 0. The van der Waals surface area contributed by atoms with E-state index in [-0.39, 0.29) is 5.54 Å². The highest BCUT2D eigenvalue weighted by atomic mass is 15.3. The standard InChI is InChI=1S/C13H21N5/c1-13(2)10-6-15-5-9(10)7-18(13)8-12-16-4-3-11(14)17-12/h3-4,9-10,15H,5-8H2,1-2H3,(H2,14,16,17). The Balaban J connectivity index is 1.77. The average molecular weight is 247 g/mol. The highest BCUT2D eigenvalue weighted by molar-refractivity contribution is 5.25. The van der Waals surface area contributed by atoms with Crippen LogP contribution in [0.1, 0.15) is 19.7 Å². The van der Waals surface area contributed by atoms with Crippen LogP contribution in [0, 0.1) is 11.8 Å². The monoisotopic (exact) mass is 247 g/mol. The maximum Gasteiger partial charge on any atom is 0.144 e. The van der Waals surface area contributed by atoms with Crippen molar-refractivity contribution in [2.45, 2.75) is 25.9 Å². The summed E-state index contributed by atoms with van der Waals surface area (Å²) in [6, 6.07) is 1.73. The molecule has 3 N–H and O–H groups in total. The van der Waals surface area contributed by atoms with Crippen molar-refractivity contribution in [3.05, 3.63) is 18.1 Å². The van der Waals surface area contributed by atoms with E-state index in [2.05, 4.69) is 34.0 Å². The number of nitrogens with zero attached hydrogens (tertiary/aromatic N) is 3. The van der Waals surface area contributed by atoms with E-state index in [0.717, 1.165) is 43.8 Å². The van der Waals surface area contributed by atoms with Crippen LogP contribution < -0.4 is 11.1 Å². The first kappa shape index (κ1) is 11.9. The van der Waals surface area contributed by atoms with Crippen molar-refractivity contribution in [3.8, 4) is 0 Å². The second-order valence-corrected chi connectivity index (χ2v) is 5.96. The minimum absolute atomic E-state index is 0.210. The van der Waals surface area contributed by atoms with Gasteiger partial charge in [0.05, 0.1) is 6.54 Å². The lowest BCUT2D eigenvalue weighted by atomic mass is 9.85. The lowest BCUT2D eigenvalue weighted by Gasteiger charge is -2.35. The first-order valence-electron chi connectivity index (χ1n) is 6.60. The summed E-state index contributed by atoms with van der Waals surface area (Å²) in [6.07, 6.45) is 1.74. The molecule has 0 spiro atoms. The van der Waals surface area contributed by atoms with Gasteiger partial charge in [0, 0.05) is 24.8 Å². The van der Waals surface area contributed by atoms with Gasteiger partial charge >= 0.3 is 0 Å². The van der Waals surface area contributed by atoms with Crippen LogP contribution in [-0.4, -0.2) is 40.0 Å². The Morgan fingerprint density at radius 2 is 2.33 bits per heavy atom. The summed E-state index contributed by atoms with van der Waals surface area (Å²) in [4.78, 5) is 11.1. The van der Waals surface area contributed by atoms with E-state index in [0.29, 0.717) is 5.82 Å². The van der Waals surface area contributed by atoms with E-state index in [1.165, 1.54) is 0 Å². The van der Waals surface area contributed by atoms with Crippen LogP contribution in [0.25, 0.3) is 0 Å². The van der Waals surface area contributed by atoms with Crippen molar-refractivity contribution in [1.82, 2.24) is 20.2 Å². The molecule has 1 aromatic rings. The highest BCUT2D eigenvalue weighted by Crippen LogP contribution is 2.40. The minimum atomic E-state index is 0.210. The molecule has 2 aliphatic heterocycles. The number of rotatable bonds is 2. The van der Waals surface area contributed by atoms with Crippen LogP contribution in [0.3, 0.4) is 0 Å². The molecule has 2 fully saturated rings. The molecule has 0 radical (unpaired) electrons. The van der Waals surface area contributed by atoms with Crippen molar-refractivity contribution in [2.75, 3.05) is 25.4 Å². The predicted molar refractivity (Wildman–Crippen MR) is 70.8 cm³/mol. The summed E-state index contributed by atoms with van der Waals surface area (Å²) in [6.45, 7) is 8.86. The van der Waals surface area contributed by atoms with Gasteiger partial charge in [-0.15, -0.1) is 0 Å². The first-order valence-corrected chi connectivity index (χ1v) is 6.60. The number of likely N-dealkylation sites (tertiary alicyclic amines) is 1. The van der Waals surface area contributed by atoms with Gasteiger partial charge in [0.25, 0.3) is 0 Å². The van der Waals surface area contributed by atoms with Gasteiger partial charge in [0.1, 0.15) is 11.6 Å². The van der Waals surface area contributed by atoms with Crippen molar-refractivity contribution >= 4 is 5.82 Å². The Morgan fingerprint density at radius 1 is 1.50 bits per heavy atom. The van der Waals surface area contributed by atoms with Crippen molar-refractivity contribution < 1.29 is 0 Å². The number of aromatic nitrogens is 2. The normalized spacial score (nSPS) is 30.6. The number of hydrogen-bond donors (Lipinski definition) is 2. The second-order valence-electron chi connectivity index (χ2n) is 5.96. The molecule has 0 bridgehead atoms. The smallest absolute Gasteiger partial charge is 0.144 e. The molecule has 0 aliphatic carbocycles. The molecule has 98 valence electrons. The third-order valence-corrected chi connectivity index (χ3v) is 4.58. The fourth-order valence-corrected chi connectivity index (χ4v) is 3.43. The molecule has 0 amide bonds. The van der Waals surface area contributed by atoms with Crippen LogP contribution in [0.5, 0.6) is 0 Å². The Kier molecular flexibility index (Phi) is 2.75. The van der Waals surface area contributed by atoms with E-state index in [1.54, 1.807) is 12.3 Å². The van der Waals surface area contributed by atoms with Gasteiger partial charge in [-0.3, -0.25) is 4.90 Å². The van der Waals surface area contributed by atoms with Gasteiger partial charge in [-0.1, -0.05) is 0 Å². The number of fused-ring (bicyclic) bond motifs is 1. The van der Waals surface area contributed by atoms with E-state index in [1.807, 2.05) is 0 Å². The summed E-state index contributed by atoms with van der Waals surface area (Å²) in [7, 11) is 0. The predicted octanol–water partition coefficient (Wildman–Crippen LogP) is 0.489. The average Bonchev–Trinajstić information content (AvgIpc) is 2.84. The lowest BCUT2D eigenvalue weighted by Crippen LogP contribution is -2.44. The molecule has 1 aromatic heterocycles. The summed E-state index contributed by atoms with van der Waals surface area (Å²) >= 11 is 0. The largest absolute Gasteiger partial charge is 0.384 e. The van der Waals surface area contributed by atoms with Crippen LogP contribution in [0.4, 0.5) is 5.82 Å². The number of anilines is 1. The molecule has 5 nitrogen and oxygen atoms in total. The van der Waals surface area contributed by atoms with Gasteiger partial charge in [-0.25, -0.2) is 9.97 Å². The number of nitrogens with two attached hydrogens (primary N) is 1. The molecule has 18 heavy (non-hydrogen) atoms. The van der Waals surface area contributed by atoms with Crippen LogP contribution >= 0.6 is 0 Å². The zero-order chi connectivity index (χ0) is 12.8. The van der Waals surface area contributed by atoms with Crippen molar-refractivity contribution in [2.24, 2.45) is 11.8 Å². The molecular formula is C13H21N5. The quantitative estimate of drug-likeness (QED) is 0.796. The van der Waals surface area contributed by atoms with Crippen molar-refractivity contribution in [1.29, 1.82) is 0 Å². The lowest BCUT2D eigenvalue weighted by molar-refractivity contribution is 0.129. The van der Waals surface area contributed by atoms with E-state index < -0.39 is 0 Å². The fourth-order valence-electron chi connectivity index (χ4n) is 3.43. The Labute approximate surface area is 108 Å². The Morgan fingerprint density at radius 3 is 3.06 bits per heavy atom. The third kappa shape index (κ3) is 1.87. The van der Waals surface area contributed by atoms with Crippen LogP contribution in [-0.2, 0) is 6.54 Å². The van der Waals surface area contributed by atoms with Gasteiger partial charge in [0.2, 0.25) is 0 Å². The molecule has 2 saturated heterocycles. The zero-order valence-electron chi connectivity index (χ0n) is 11.1. The zero-order valence-corrected chi connectivity index (χ0v) is 11.1. The number of hydrogen-bond acceptors (Lipinski definition) is 5. The Hall–Kier alpha value is -1.20. The van der Waals surface area contributed by atoms with Gasteiger partial charge in [-0.05, 0) is 38.3 Å². The topological polar surface area (TPSA) is 67.1 Å². The summed E-state index contributed by atoms with van der Waals surface area (Å²) in [5.41, 5.74) is 5.92. The molecule has 3 rings (SSSR count). The fraction of sp³-hybridized carbons (Fsp3) is 0.692. The molecule has 0 saturated carbocycles. The SMILES string of the molecule is CC1(C)C2CNCC2CN1Cc1nccc(N)n1. The van der Waals surface area contributed by atoms with E-state index >= 15 is 0 Å². The van der Waals surface area contributed by atoms with Gasteiger partial charge in [-0.2, -0.15) is 0 Å². The minimum Gasteiger partial charge on any atom is -0.384 e. The summed E-state index contributed by atoms with van der Waals surface area (Å²) in [5.74, 6) is 2.88. The van der Waals surface area contributed by atoms with Crippen molar-refractivity contribution in [3.63, 3.8) is 0 Å².